The molecule has 0 saturated carbocycles. The molecule has 1 atom stereocenters. The van der Waals surface area contributed by atoms with Crippen LogP contribution in [0.5, 0.6) is 0 Å². The highest BCUT2D eigenvalue weighted by Gasteiger charge is 2.20. The fraction of sp³-hybridized carbons (Fsp3) is 0.600. The van der Waals surface area contributed by atoms with E-state index in [2.05, 4.69) is 29.6 Å². The van der Waals surface area contributed by atoms with Crippen LogP contribution in [0.3, 0.4) is 0 Å². The van der Waals surface area contributed by atoms with Crippen LogP contribution in [-0.4, -0.2) is 57.5 Å². The summed E-state index contributed by atoms with van der Waals surface area (Å²) in [6, 6.07) is 5.53. The van der Waals surface area contributed by atoms with Crippen LogP contribution in [0.15, 0.2) is 18.2 Å². The van der Waals surface area contributed by atoms with Crippen molar-refractivity contribution in [3.05, 3.63) is 23.8 Å². The average Bonchev–Trinajstić information content (AvgIpc) is 2.65. The van der Waals surface area contributed by atoms with E-state index < -0.39 is 5.38 Å². The lowest BCUT2D eigenvalue weighted by molar-refractivity contribution is -0.858. The molecule has 1 heterocycles. The summed E-state index contributed by atoms with van der Waals surface area (Å²) in [5, 5.41) is 5.17. The molecule has 0 radical (unpaired) electrons. The van der Waals surface area contributed by atoms with E-state index in [-0.39, 0.29) is 11.8 Å². The predicted octanol–water partition coefficient (Wildman–Crippen LogP) is 1.51. The van der Waals surface area contributed by atoms with E-state index in [1.807, 2.05) is 12.1 Å². The van der Waals surface area contributed by atoms with E-state index in [1.54, 1.807) is 13.0 Å². The standard InChI is InChI=1S/C20H31ClN4O2/c1-15(21)19(26)23-16-8-9-18(25-12-5-4-6-13-25)17(14-16)20(27)22-10-7-11-24(2)3/h8-9,14-15H,4-7,10-13H2,1-3H3,(H,22,27)(H,23,26)/p+1/t15-/m1/s1. The van der Waals surface area contributed by atoms with Crippen LogP contribution in [-0.2, 0) is 4.79 Å². The lowest BCUT2D eigenvalue weighted by Crippen LogP contribution is -3.05. The number of amides is 2. The molecule has 1 fully saturated rings. The molecule has 27 heavy (non-hydrogen) atoms. The van der Waals surface area contributed by atoms with Crippen LogP contribution in [0.4, 0.5) is 11.4 Å². The van der Waals surface area contributed by atoms with E-state index in [0.29, 0.717) is 17.8 Å². The molecule has 3 N–H and O–H groups in total. The molecule has 1 saturated heterocycles. The number of quaternary nitrogens is 1. The highest BCUT2D eigenvalue weighted by molar-refractivity contribution is 6.32. The van der Waals surface area contributed by atoms with Gasteiger partial charge in [-0.3, -0.25) is 9.59 Å². The molecule has 0 spiro atoms. The maximum atomic E-state index is 12.8. The Labute approximate surface area is 167 Å². The van der Waals surface area contributed by atoms with Crippen LogP contribution in [0, 0.1) is 0 Å². The molecule has 1 aliphatic heterocycles. The first-order chi connectivity index (χ1) is 12.9. The third-order valence-corrected chi connectivity index (χ3v) is 4.90. The smallest absolute Gasteiger partial charge is 0.253 e. The number of alkyl halides is 1. The number of hydrogen-bond donors (Lipinski definition) is 3. The average molecular weight is 396 g/mol. The van der Waals surface area contributed by atoms with Crippen molar-refractivity contribution >= 4 is 34.8 Å². The Morgan fingerprint density at radius 1 is 1.22 bits per heavy atom. The number of anilines is 2. The number of benzene rings is 1. The summed E-state index contributed by atoms with van der Waals surface area (Å²) in [4.78, 5) is 28.4. The summed E-state index contributed by atoms with van der Waals surface area (Å²) in [6.07, 6.45) is 4.42. The van der Waals surface area contributed by atoms with Gasteiger partial charge in [0.15, 0.2) is 0 Å². The minimum Gasteiger partial charge on any atom is -0.371 e. The first-order valence-electron chi connectivity index (χ1n) is 9.79. The molecule has 0 aliphatic carbocycles. The van der Waals surface area contributed by atoms with Gasteiger partial charge in [-0.1, -0.05) is 0 Å². The molecular weight excluding hydrogens is 364 g/mol. The van der Waals surface area contributed by atoms with Crippen molar-refractivity contribution in [1.82, 2.24) is 5.32 Å². The number of nitrogens with zero attached hydrogens (tertiary/aromatic N) is 1. The van der Waals surface area contributed by atoms with Gasteiger partial charge in [-0.2, -0.15) is 0 Å². The van der Waals surface area contributed by atoms with Crippen molar-refractivity contribution in [1.29, 1.82) is 0 Å². The van der Waals surface area contributed by atoms with E-state index in [9.17, 15) is 9.59 Å². The summed E-state index contributed by atoms with van der Waals surface area (Å²) in [7, 11) is 4.20. The summed E-state index contributed by atoms with van der Waals surface area (Å²) in [6.45, 7) is 5.17. The maximum Gasteiger partial charge on any atom is 0.253 e. The summed E-state index contributed by atoms with van der Waals surface area (Å²) < 4.78 is 0. The first-order valence-corrected chi connectivity index (χ1v) is 10.2. The zero-order valence-corrected chi connectivity index (χ0v) is 17.4. The third kappa shape index (κ3) is 6.70. The molecule has 1 aliphatic rings. The van der Waals surface area contributed by atoms with Gasteiger partial charge in [0, 0.05) is 37.4 Å². The molecule has 2 amide bonds. The molecule has 1 aromatic rings. The van der Waals surface area contributed by atoms with Gasteiger partial charge in [0.2, 0.25) is 5.91 Å². The van der Waals surface area contributed by atoms with Gasteiger partial charge in [0.05, 0.1) is 26.2 Å². The topological polar surface area (TPSA) is 65.9 Å². The molecule has 1 aromatic carbocycles. The first kappa shape index (κ1) is 21.5. The van der Waals surface area contributed by atoms with Gasteiger partial charge >= 0.3 is 0 Å². The molecular formula is C20H32ClN4O2+. The summed E-state index contributed by atoms with van der Waals surface area (Å²) >= 11 is 5.84. The van der Waals surface area contributed by atoms with Gasteiger partial charge in [-0.25, -0.2) is 0 Å². The minimum absolute atomic E-state index is 0.0978. The predicted molar refractivity (Wildman–Crippen MR) is 111 cm³/mol. The molecule has 6 nitrogen and oxygen atoms in total. The normalized spacial score (nSPS) is 15.5. The summed E-state index contributed by atoms with van der Waals surface area (Å²) in [5.74, 6) is -0.373. The quantitative estimate of drug-likeness (QED) is 0.461. The number of hydrogen-bond acceptors (Lipinski definition) is 3. The highest BCUT2D eigenvalue weighted by Crippen LogP contribution is 2.27. The molecule has 0 bridgehead atoms. The second kappa shape index (κ2) is 10.5. The Hall–Kier alpha value is -1.79. The van der Waals surface area contributed by atoms with Crippen LogP contribution in [0.2, 0.25) is 0 Å². The van der Waals surface area contributed by atoms with Crippen molar-refractivity contribution in [2.75, 3.05) is 50.5 Å². The van der Waals surface area contributed by atoms with Gasteiger partial charge in [-0.05, 0) is 44.4 Å². The Kier molecular flexibility index (Phi) is 8.38. The van der Waals surface area contributed by atoms with E-state index in [0.717, 1.165) is 44.6 Å². The second-order valence-corrected chi connectivity index (χ2v) is 8.11. The van der Waals surface area contributed by atoms with Gasteiger partial charge in [0.25, 0.3) is 5.91 Å². The van der Waals surface area contributed by atoms with E-state index >= 15 is 0 Å². The Morgan fingerprint density at radius 3 is 2.56 bits per heavy atom. The molecule has 150 valence electrons. The number of piperidine rings is 1. The Balaban J connectivity index is 2.17. The van der Waals surface area contributed by atoms with E-state index in [1.165, 1.54) is 11.3 Å². The van der Waals surface area contributed by atoms with Crippen molar-refractivity contribution in [2.24, 2.45) is 0 Å². The fourth-order valence-corrected chi connectivity index (χ4v) is 3.24. The van der Waals surface area contributed by atoms with Crippen LogP contribution >= 0.6 is 11.6 Å². The van der Waals surface area contributed by atoms with Crippen LogP contribution in [0.25, 0.3) is 0 Å². The van der Waals surface area contributed by atoms with Gasteiger partial charge < -0.3 is 20.4 Å². The lowest BCUT2D eigenvalue weighted by Gasteiger charge is -2.30. The zero-order chi connectivity index (χ0) is 19.8. The maximum absolute atomic E-state index is 12.8. The van der Waals surface area contributed by atoms with Crippen molar-refractivity contribution in [3.63, 3.8) is 0 Å². The zero-order valence-electron chi connectivity index (χ0n) is 16.6. The number of halogens is 1. The fourth-order valence-electron chi connectivity index (χ4n) is 3.19. The van der Waals surface area contributed by atoms with Crippen molar-refractivity contribution in [3.8, 4) is 0 Å². The van der Waals surface area contributed by atoms with Crippen molar-refractivity contribution in [2.45, 2.75) is 38.0 Å². The SMILES string of the molecule is C[C@@H](Cl)C(=O)Nc1ccc(N2CCCCC2)c(C(=O)NCCC[NH+](C)C)c1. The van der Waals surface area contributed by atoms with Crippen LogP contribution < -0.4 is 20.4 Å². The number of carbonyl (C=O) groups excluding carboxylic acids is 2. The van der Waals surface area contributed by atoms with Gasteiger partial charge in [-0.15, -0.1) is 11.6 Å². The third-order valence-electron chi connectivity index (χ3n) is 4.71. The van der Waals surface area contributed by atoms with E-state index in [4.69, 9.17) is 11.6 Å². The summed E-state index contributed by atoms with van der Waals surface area (Å²) in [5.41, 5.74) is 2.13. The van der Waals surface area contributed by atoms with Crippen molar-refractivity contribution < 1.29 is 14.5 Å². The second-order valence-electron chi connectivity index (χ2n) is 7.45. The Morgan fingerprint density at radius 2 is 1.93 bits per heavy atom. The number of carbonyl (C=O) groups is 2. The molecule has 2 rings (SSSR count). The van der Waals surface area contributed by atoms with Crippen LogP contribution in [0.1, 0.15) is 43.0 Å². The number of nitrogens with one attached hydrogen (secondary N) is 3. The molecule has 0 unspecified atom stereocenters. The molecule has 7 heteroatoms. The minimum atomic E-state index is -0.627. The lowest BCUT2D eigenvalue weighted by atomic mass is 10.1. The molecule has 0 aromatic heterocycles. The monoisotopic (exact) mass is 395 g/mol. The largest absolute Gasteiger partial charge is 0.371 e. The highest BCUT2D eigenvalue weighted by atomic mass is 35.5. The Bertz CT molecular complexity index is 643. The number of rotatable bonds is 8. The van der Waals surface area contributed by atoms with Gasteiger partial charge in [0.1, 0.15) is 5.38 Å².